The molecule has 0 atom stereocenters. The Morgan fingerprint density at radius 1 is 1.22 bits per heavy atom. The van der Waals surface area contributed by atoms with Crippen LogP contribution in [0.25, 0.3) is 27.8 Å². The highest BCUT2D eigenvalue weighted by Crippen LogP contribution is 2.26. The van der Waals surface area contributed by atoms with Gasteiger partial charge in [-0.05, 0) is 36.8 Å². The van der Waals surface area contributed by atoms with E-state index in [0.29, 0.717) is 19.0 Å². The molecule has 0 saturated carbocycles. The average molecular weight is 307 g/mol. The Morgan fingerprint density at radius 3 is 2.91 bits per heavy atom. The van der Waals surface area contributed by atoms with Crippen molar-refractivity contribution < 1.29 is 4.74 Å². The van der Waals surface area contributed by atoms with Gasteiger partial charge in [0, 0.05) is 24.6 Å². The highest BCUT2D eigenvalue weighted by molar-refractivity contribution is 5.87. The molecule has 3 heterocycles. The summed E-state index contributed by atoms with van der Waals surface area (Å²) in [6.07, 6.45) is 3.79. The molecule has 0 aliphatic heterocycles. The van der Waals surface area contributed by atoms with Gasteiger partial charge < -0.3 is 14.9 Å². The van der Waals surface area contributed by atoms with Crippen molar-refractivity contribution in [3.8, 4) is 11.3 Å². The van der Waals surface area contributed by atoms with E-state index in [4.69, 9.17) is 10.5 Å². The number of fused-ring (bicyclic) bond motifs is 3. The molecular weight excluding hydrogens is 290 g/mol. The van der Waals surface area contributed by atoms with Crippen molar-refractivity contribution in [2.45, 2.75) is 13.5 Å². The summed E-state index contributed by atoms with van der Waals surface area (Å²) in [6.45, 7) is 3.25. The molecule has 4 rings (SSSR count). The van der Waals surface area contributed by atoms with Gasteiger partial charge in [0.05, 0.1) is 28.9 Å². The van der Waals surface area contributed by atoms with Gasteiger partial charge in [0.2, 0.25) is 0 Å². The van der Waals surface area contributed by atoms with E-state index in [1.807, 2.05) is 25.1 Å². The number of benzene rings is 1. The fourth-order valence-corrected chi connectivity index (χ4v) is 2.80. The Kier molecular flexibility index (Phi) is 3.24. The first-order valence-corrected chi connectivity index (χ1v) is 7.54. The normalized spacial score (nSPS) is 11.5. The van der Waals surface area contributed by atoms with Crippen molar-refractivity contribution in [1.29, 1.82) is 0 Å². The van der Waals surface area contributed by atoms with Crippen molar-refractivity contribution in [2.75, 3.05) is 12.3 Å². The maximum absolute atomic E-state index is 6.14. The van der Waals surface area contributed by atoms with Crippen LogP contribution in [-0.2, 0) is 11.3 Å². The maximum Gasteiger partial charge on any atom is 0.148 e. The first kappa shape index (κ1) is 13.8. The number of nitrogen functional groups attached to an aromatic ring is 1. The number of aromatic amines is 1. The Bertz CT molecular complexity index is 972. The number of ether oxygens (including phenoxy) is 1. The molecule has 23 heavy (non-hydrogen) atoms. The lowest BCUT2D eigenvalue weighted by molar-refractivity contribution is 0.134. The standard InChI is InChI=1S/C17H17N5O/c1-2-23-10-11-7-16-17(18)20-14-8-12(13-5-6-19-21-13)3-4-15(14)22(16)9-11/h3-9H,2,10H2,1H3,(H2,18,20)(H,19,21). The minimum Gasteiger partial charge on any atom is -0.382 e. The second-order valence-corrected chi connectivity index (χ2v) is 5.41. The van der Waals surface area contributed by atoms with E-state index in [1.165, 1.54) is 0 Å². The number of nitrogens with two attached hydrogens (primary N) is 1. The maximum atomic E-state index is 6.14. The quantitative estimate of drug-likeness (QED) is 0.607. The van der Waals surface area contributed by atoms with E-state index in [9.17, 15) is 0 Å². The van der Waals surface area contributed by atoms with Crippen LogP contribution in [0.1, 0.15) is 12.5 Å². The molecule has 0 radical (unpaired) electrons. The summed E-state index contributed by atoms with van der Waals surface area (Å²) in [5, 5.41) is 6.95. The predicted molar refractivity (Wildman–Crippen MR) is 90.0 cm³/mol. The SMILES string of the molecule is CCOCc1cc2c(N)nc3cc(-c4ccn[nH]4)ccc3n2c1. The Balaban J connectivity index is 1.89. The highest BCUT2D eigenvalue weighted by Gasteiger charge is 2.10. The van der Waals surface area contributed by atoms with Gasteiger partial charge in [-0.2, -0.15) is 5.10 Å². The minimum atomic E-state index is 0.516. The van der Waals surface area contributed by atoms with Crippen molar-refractivity contribution in [2.24, 2.45) is 0 Å². The summed E-state index contributed by atoms with van der Waals surface area (Å²) in [4.78, 5) is 4.55. The van der Waals surface area contributed by atoms with Crippen molar-refractivity contribution in [3.63, 3.8) is 0 Å². The zero-order valence-electron chi connectivity index (χ0n) is 12.8. The first-order valence-electron chi connectivity index (χ1n) is 7.54. The van der Waals surface area contributed by atoms with E-state index in [1.54, 1.807) is 6.20 Å². The topological polar surface area (TPSA) is 81.2 Å². The largest absolute Gasteiger partial charge is 0.382 e. The number of nitrogens with one attached hydrogen (secondary N) is 1. The lowest BCUT2D eigenvalue weighted by Gasteiger charge is -2.06. The second-order valence-electron chi connectivity index (χ2n) is 5.41. The predicted octanol–water partition coefficient (Wildman–Crippen LogP) is 3.00. The number of nitrogens with zero attached hydrogens (tertiary/aromatic N) is 3. The molecule has 0 unspecified atom stereocenters. The molecule has 0 spiro atoms. The number of rotatable bonds is 4. The molecule has 0 saturated heterocycles. The molecule has 0 aliphatic carbocycles. The molecule has 4 aromatic rings. The molecule has 1 aromatic carbocycles. The van der Waals surface area contributed by atoms with E-state index in [0.717, 1.165) is 33.4 Å². The molecule has 6 nitrogen and oxygen atoms in total. The Labute approximate surface area is 132 Å². The van der Waals surface area contributed by atoms with Crippen molar-refractivity contribution in [3.05, 3.63) is 48.3 Å². The summed E-state index contributed by atoms with van der Waals surface area (Å²) in [7, 11) is 0. The number of anilines is 1. The lowest BCUT2D eigenvalue weighted by atomic mass is 10.1. The number of hydrogen-bond acceptors (Lipinski definition) is 4. The molecule has 0 aliphatic rings. The highest BCUT2D eigenvalue weighted by atomic mass is 16.5. The summed E-state index contributed by atoms with van der Waals surface area (Å²) < 4.78 is 7.56. The Morgan fingerprint density at radius 2 is 2.13 bits per heavy atom. The third-order valence-electron chi connectivity index (χ3n) is 3.90. The summed E-state index contributed by atoms with van der Waals surface area (Å²) in [6, 6.07) is 10.1. The number of H-pyrrole nitrogens is 1. The zero-order chi connectivity index (χ0) is 15.8. The summed E-state index contributed by atoms with van der Waals surface area (Å²) in [5.74, 6) is 0.516. The van der Waals surface area contributed by atoms with Gasteiger partial charge in [0.15, 0.2) is 0 Å². The number of aromatic nitrogens is 4. The first-order chi connectivity index (χ1) is 11.3. The second kappa shape index (κ2) is 5.40. The van der Waals surface area contributed by atoms with Crippen LogP contribution in [0, 0.1) is 0 Å². The van der Waals surface area contributed by atoms with Gasteiger partial charge in [0.25, 0.3) is 0 Å². The van der Waals surface area contributed by atoms with Crippen LogP contribution >= 0.6 is 0 Å². The molecule has 6 heteroatoms. The van der Waals surface area contributed by atoms with Gasteiger partial charge in [0.1, 0.15) is 5.82 Å². The van der Waals surface area contributed by atoms with Gasteiger partial charge in [-0.3, -0.25) is 5.10 Å². The third-order valence-corrected chi connectivity index (χ3v) is 3.90. The van der Waals surface area contributed by atoms with Crippen LogP contribution in [0.5, 0.6) is 0 Å². The van der Waals surface area contributed by atoms with Gasteiger partial charge in [-0.1, -0.05) is 6.07 Å². The van der Waals surface area contributed by atoms with Crippen molar-refractivity contribution in [1.82, 2.24) is 19.6 Å². The van der Waals surface area contributed by atoms with E-state index in [2.05, 4.69) is 37.9 Å². The van der Waals surface area contributed by atoms with Crippen LogP contribution in [0.4, 0.5) is 5.82 Å². The lowest BCUT2D eigenvalue weighted by Crippen LogP contribution is -1.97. The molecule has 3 aromatic heterocycles. The van der Waals surface area contributed by atoms with Crippen LogP contribution in [0.15, 0.2) is 42.7 Å². The third kappa shape index (κ3) is 2.33. The van der Waals surface area contributed by atoms with E-state index in [-0.39, 0.29) is 0 Å². The zero-order valence-corrected chi connectivity index (χ0v) is 12.8. The van der Waals surface area contributed by atoms with E-state index < -0.39 is 0 Å². The van der Waals surface area contributed by atoms with Gasteiger partial charge >= 0.3 is 0 Å². The van der Waals surface area contributed by atoms with E-state index >= 15 is 0 Å². The number of hydrogen-bond donors (Lipinski definition) is 2. The van der Waals surface area contributed by atoms with Crippen LogP contribution in [-0.4, -0.2) is 26.2 Å². The average Bonchev–Trinajstić information content (AvgIpc) is 3.22. The van der Waals surface area contributed by atoms with Crippen LogP contribution in [0.3, 0.4) is 0 Å². The molecular formula is C17H17N5O. The summed E-state index contributed by atoms with van der Waals surface area (Å²) >= 11 is 0. The molecule has 0 amide bonds. The summed E-state index contributed by atoms with van der Waals surface area (Å²) in [5.41, 5.74) is 12.0. The monoisotopic (exact) mass is 307 g/mol. The molecule has 0 fully saturated rings. The Hall–Kier alpha value is -2.86. The van der Waals surface area contributed by atoms with Gasteiger partial charge in [-0.15, -0.1) is 0 Å². The van der Waals surface area contributed by atoms with Crippen molar-refractivity contribution >= 4 is 22.4 Å². The van der Waals surface area contributed by atoms with Crippen LogP contribution < -0.4 is 5.73 Å². The molecule has 0 bridgehead atoms. The van der Waals surface area contributed by atoms with Crippen LogP contribution in [0.2, 0.25) is 0 Å². The van der Waals surface area contributed by atoms with Gasteiger partial charge in [-0.25, -0.2) is 4.98 Å². The fourth-order valence-electron chi connectivity index (χ4n) is 2.80. The minimum absolute atomic E-state index is 0.516. The molecule has 3 N–H and O–H groups in total. The molecule has 116 valence electrons. The smallest absolute Gasteiger partial charge is 0.148 e. The fraction of sp³-hybridized carbons (Fsp3) is 0.176.